The maximum Gasteiger partial charge on any atom is 0.349 e. The lowest BCUT2D eigenvalue weighted by molar-refractivity contribution is 0.209. The Morgan fingerprint density at radius 3 is 1.98 bits per heavy atom. The number of nitrogens with one attached hydrogen (secondary N) is 1. The molecule has 55 heavy (non-hydrogen) atoms. The van der Waals surface area contributed by atoms with Crippen LogP contribution in [0.1, 0.15) is 79.1 Å². The molecule has 1 aromatic heterocycles. The molecule has 0 atom stereocenters. The molecule has 1 aliphatic carbocycles. The summed E-state index contributed by atoms with van der Waals surface area (Å²) in [6.07, 6.45) is 11.5. The van der Waals surface area contributed by atoms with E-state index in [9.17, 15) is 4.79 Å². The SMILES string of the molecule is CCCN1N=C(C2CCCCC2)c2ccc(C)cc2N(c2ccc(NCCc3nccn3C(c3ccccc3)(c3ccccc3)c3ccccc3)cc2)C1=O. The molecule has 0 unspecified atom stereocenters. The molecule has 278 valence electrons. The number of fused-ring (bicyclic) bond motifs is 1. The van der Waals surface area contributed by atoms with Crippen LogP contribution in [0.5, 0.6) is 0 Å². The van der Waals surface area contributed by atoms with Gasteiger partial charge in [-0.25, -0.2) is 14.8 Å². The highest BCUT2D eigenvalue weighted by Crippen LogP contribution is 2.42. The molecule has 7 nitrogen and oxygen atoms in total. The van der Waals surface area contributed by atoms with Crippen molar-refractivity contribution in [2.24, 2.45) is 11.0 Å². The average molecular weight is 727 g/mol. The van der Waals surface area contributed by atoms with E-state index in [-0.39, 0.29) is 6.03 Å². The van der Waals surface area contributed by atoms with Gasteiger partial charge in [-0.2, -0.15) is 5.10 Å². The van der Waals surface area contributed by atoms with E-state index in [1.807, 2.05) is 23.2 Å². The van der Waals surface area contributed by atoms with Crippen LogP contribution < -0.4 is 10.2 Å². The van der Waals surface area contributed by atoms with Crippen LogP contribution in [0.3, 0.4) is 0 Å². The molecule has 1 fully saturated rings. The number of carbonyl (C=O) groups is 1. The second-order valence-electron chi connectivity index (χ2n) is 14.8. The van der Waals surface area contributed by atoms with E-state index in [2.05, 4.69) is 151 Å². The number of carbonyl (C=O) groups excluding carboxylic acids is 1. The van der Waals surface area contributed by atoms with Crippen molar-refractivity contribution in [1.82, 2.24) is 14.6 Å². The molecule has 0 spiro atoms. The van der Waals surface area contributed by atoms with Crippen LogP contribution in [0.25, 0.3) is 0 Å². The smallest absolute Gasteiger partial charge is 0.349 e. The lowest BCUT2D eigenvalue weighted by atomic mass is 9.76. The quantitative estimate of drug-likeness (QED) is 0.128. The summed E-state index contributed by atoms with van der Waals surface area (Å²) in [4.78, 5) is 21.2. The van der Waals surface area contributed by atoms with Crippen molar-refractivity contribution in [2.45, 2.75) is 64.3 Å². The second-order valence-corrected chi connectivity index (χ2v) is 14.8. The maximum atomic E-state index is 14.4. The molecule has 8 rings (SSSR count). The molecular weight excluding hydrogens is 677 g/mol. The number of amides is 2. The topological polar surface area (TPSA) is 65.8 Å². The molecule has 2 amide bonds. The number of nitrogens with zero attached hydrogens (tertiary/aromatic N) is 5. The van der Waals surface area contributed by atoms with Crippen LogP contribution >= 0.6 is 0 Å². The highest BCUT2D eigenvalue weighted by molar-refractivity contribution is 6.14. The van der Waals surface area contributed by atoms with E-state index in [0.29, 0.717) is 25.4 Å². The zero-order valence-corrected chi connectivity index (χ0v) is 31.9. The number of hydrogen-bond acceptors (Lipinski definition) is 4. The van der Waals surface area contributed by atoms with Gasteiger partial charge in [0.15, 0.2) is 0 Å². The summed E-state index contributed by atoms with van der Waals surface area (Å²) in [6, 6.07) is 46.8. The third-order valence-corrected chi connectivity index (χ3v) is 11.2. The van der Waals surface area contributed by atoms with Crippen molar-refractivity contribution in [3.63, 3.8) is 0 Å². The first-order valence-electron chi connectivity index (χ1n) is 19.9. The van der Waals surface area contributed by atoms with Crippen molar-refractivity contribution in [3.8, 4) is 0 Å². The Bertz CT molecular complexity index is 2130. The maximum absolute atomic E-state index is 14.4. The van der Waals surface area contributed by atoms with E-state index in [1.54, 1.807) is 5.01 Å². The van der Waals surface area contributed by atoms with Crippen molar-refractivity contribution < 1.29 is 4.79 Å². The Balaban J connectivity index is 1.07. The van der Waals surface area contributed by atoms with Gasteiger partial charge < -0.3 is 9.88 Å². The monoisotopic (exact) mass is 726 g/mol. The van der Waals surface area contributed by atoms with Crippen molar-refractivity contribution in [3.05, 3.63) is 179 Å². The number of imidazole rings is 1. The molecule has 7 heteroatoms. The minimum Gasteiger partial charge on any atom is -0.385 e. The van der Waals surface area contributed by atoms with Crippen LogP contribution in [0.15, 0.2) is 151 Å². The number of hydrogen-bond donors (Lipinski definition) is 1. The number of urea groups is 1. The predicted octanol–water partition coefficient (Wildman–Crippen LogP) is 11.0. The number of aryl methyl sites for hydroxylation is 1. The molecule has 1 saturated carbocycles. The number of rotatable bonds is 12. The van der Waals surface area contributed by atoms with Gasteiger partial charge in [-0.1, -0.05) is 129 Å². The molecule has 0 bridgehead atoms. The first-order valence-corrected chi connectivity index (χ1v) is 19.9. The van der Waals surface area contributed by atoms with Gasteiger partial charge in [0.1, 0.15) is 11.4 Å². The van der Waals surface area contributed by atoms with Gasteiger partial charge in [0.2, 0.25) is 0 Å². The summed E-state index contributed by atoms with van der Waals surface area (Å²) >= 11 is 0. The molecule has 1 N–H and O–H groups in total. The molecular formula is C48H50N6O. The Kier molecular flexibility index (Phi) is 10.6. The van der Waals surface area contributed by atoms with E-state index < -0.39 is 5.54 Å². The molecule has 0 radical (unpaired) electrons. The van der Waals surface area contributed by atoms with Crippen LogP contribution in [0.4, 0.5) is 21.9 Å². The third kappa shape index (κ3) is 7.07. The van der Waals surface area contributed by atoms with Gasteiger partial charge in [0.05, 0.1) is 17.1 Å². The van der Waals surface area contributed by atoms with E-state index in [1.165, 1.54) is 36.0 Å². The number of benzene rings is 5. The van der Waals surface area contributed by atoms with Gasteiger partial charge in [0, 0.05) is 49.1 Å². The predicted molar refractivity (Wildman–Crippen MR) is 224 cm³/mol. The molecule has 1 aliphatic heterocycles. The average Bonchev–Trinajstić information content (AvgIpc) is 3.66. The molecule has 6 aromatic rings. The largest absolute Gasteiger partial charge is 0.385 e. The van der Waals surface area contributed by atoms with Gasteiger partial charge in [-0.05, 0) is 78.8 Å². The highest BCUT2D eigenvalue weighted by atomic mass is 16.2. The lowest BCUT2D eigenvalue weighted by Crippen LogP contribution is -2.38. The van der Waals surface area contributed by atoms with Gasteiger partial charge in [0.25, 0.3) is 0 Å². The summed E-state index contributed by atoms with van der Waals surface area (Å²) in [6.45, 7) is 5.46. The number of aromatic nitrogens is 2. The molecule has 2 heterocycles. The third-order valence-electron chi connectivity index (χ3n) is 11.2. The summed E-state index contributed by atoms with van der Waals surface area (Å²) in [7, 11) is 0. The Morgan fingerprint density at radius 2 is 1.38 bits per heavy atom. The van der Waals surface area contributed by atoms with Crippen molar-refractivity contribution in [2.75, 3.05) is 23.3 Å². The number of hydrazone groups is 1. The normalized spacial score (nSPS) is 15.0. The fraction of sp³-hybridized carbons (Fsp3) is 0.271. The zero-order valence-electron chi connectivity index (χ0n) is 31.9. The zero-order chi connectivity index (χ0) is 37.6. The second kappa shape index (κ2) is 16.2. The highest BCUT2D eigenvalue weighted by Gasteiger charge is 2.39. The van der Waals surface area contributed by atoms with Gasteiger partial charge >= 0.3 is 6.03 Å². The first-order chi connectivity index (χ1) is 27.1. The van der Waals surface area contributed by atoms with Gasteiger partial charge in [-0.15, -0.1) is 0 Å². The van der Waals surface area contributed by atoms with E-state index >= 15 is 0 Å². The minimum atomic E-state index is -0.613. The lowest BCUT2D eigenvalue weighted by Gasteiger charge is -2.38. The summed E-state index contributed by atoms with van der Waals surface area (Å²) in [5.74, 6) is 1.34. The number of anilines is 3. The van der Waals surface area contributed by atoms with Crippen LogP contribution in [0.2, 0.25) is 0 Å². The summed E-state index contributed by atoms with van der Waals surface area (Å²) in [5, 5.41) is 10.5. The van der Waals surface area contributed by atoms with Crippen molar-refractivity contribution in [1.29, 1.82) is 0 Å². The fourth-order valence-electron chi connectivity index (χ4n) is 8.60. The Morgan fingerprint density at radius 1 is 0.764 bits per heavy atom. The van der Waals surface area contributed by atoms with Crippen LogP contribution in [-0.4, -0.2) is 39.4 Å². The van der Waals surface area contributed by atoms with Gasteiger partial charge in [-0.3, -0.25) is 4.90 Å². The van der Waals surface area contributed by atoms with E-state index in [0.717, 1.165) is 59.0 Å². The fourth-order valence-corrected chi connectivity index (χ4v) is 8.60. The van der Waals surface area contributed by atoms with Crippen LogP contribution in [0, 0.1) is 12.8 Å². The molecule has 2 aliphatic rings. The van der Waals surface area contributed by atoms with Crippen LogP contribution in [-0.2, 0) is 12.0 Å². The van der Waals surface area contributed by atoms with E-state index in [4.69, 9.17) is 10.1 Å². The Labute approximate surface area is 325 Å². The molecule has 5 aromatic carbocycles. The Hall–Kier alpha value is -5.95. The van der Waals surface area contributed by atoms with Crippen molar-refractivity contribution >= 4 is 28.8 Å². The summed E-state index contributed by atoms with van der Waals surface area (Å²) < 4.78 is 2.34. The standard InChI is InChI=1S/C48H50N6O/c1-3-33-53-47(55)54(44-35-36(2)24-29-43(44)46(51-53)37-16-8-4-9-17-37)42-27-25-41(26-28-42)49-31-30-45-50-32-34-52(45)48(38-18-10-5-11-19-38,39-20-12-6-13-21-39)40-22-14-7-15-23-40/h5-7,10-15,18-29,32,34-35,37,49H,3-4,8-9,16-17,30-31,33H2,1-2H3. The first kappa shape index (κ1) is 36.0. The minimum absolute atomic E-state index is 0.106. The molecule has 0 saturated heterocycles. The summed E-state index contributed by atoms with van der Waals surface area (Å²) in [5.41, 5.74) is 8.88.